The van der Waals surface area contributed by atoms with Crippen LogP contribution in [0.3, 0.4) is 0 Å². The monoisotopic (exact) mass is 805 g/mol. The van der Waals surface area contributed by atoms with Gasteiger partial charge in [-0.05, 0) is 74.0 Å². The summed E-state index contributed by atoms with van der Waals surface area (Å²) in [5.74, 6) is -1.07. The van der Waals surface area contributed by atoms with E-state index in [9.17, 15) is 9.59 Å². The van der Waals surface area contributed by atoms with E-state index in [-0.39, 0.29) is 50.1 Å². The number of carbonyl (C=O) groups excluding carboxylic acids is 1. The number of hydrogen-bond donors (Lipinski definition) is 0. The van der Waals surface area contributed by atoms with Crippen LogP contribution in [0.1, 0.15) is 45.7 Å². The van der Waals surface area contributed by atoms with Crippen molar-refractivity contribution in [1.82, 2.24) is 24.1 Å². The smallest absolute Gasteiger partial charge is 0.350 e. The highest BCUT2D eigenvalue weighted by Gasteiger charge is 2.47. The van der Waals surface area contributed by atoms with Crippen molar-refractivity contribution in [2.45, 2.75) is 65.3 Å². The molecule has 56 heavy (non-hydrogen) atoms. The molecule has 0 aliphatic carbocycles. The Hall–Kier alpha value is -4.89. The van der Waals surface area contributed by atoms with Crippen molar-refractivity contribution in [2.75, 3.05) is 49.2 Å². The molecular weight excluding hydrogens is 759 g/mol. The summed E-state index contributed by atoms with van der Waals surface area (Å²) in [7, 11) is 0. The third-order valence-corrected chi connectivity index (χ3v) is 10.7. The number of esters is 1. The number of aromatic nitrogens is 6. The molecule has 5 aromatic rings. The highest BCUT2D eigenvalue weighted by Crippen LogP contribution is 2.40. The first kappa shape index (κ1) is 39.3. The van der Waals surface area contributed by atoms with Crippen LogP contribution in [0.5, 0.6) is 5.75 Å². The lowest BCUT2D eigenvalue weighted by Crippen LogP contribution is -2.46. The van der Waals surface area contributed by atoms with Gasteiger partial charge in [-0.2, -0.15) is 5.10 Å². The molecular formula is C40H47Cl2N8O6+. The number of rotatable bonds is 14. The summed E-state index contributed by atoms with van der Waals surface area (Å²) in [6, 6.07) is 21.4. The van der Waals surface area contributed by atoms with E-state index in [0.29, 0.717) is 15.6 Å². The maximum absolute atomic E-state index is 12.8. The third kappa shape index (κ3) is 8.73. The molecule has 0 radical (unpaired) electrons. The first-order valence-corrected chi connectivity index (χ1v) is 19.6. The van der Waals surface area contributed by atoms with Crippen LogP contribution in [0.4, 0.5) is 11.4 Å². The van der Waals surface area contributed by atoms with Crippen molar-refractivity contribution in [3.63, 3.8) is 0 Å². The maximum atomic E-state index is 12.8. The molecule has 2 saturated heterocycles. The SMILES string of the molecule is CCC(C)n1ncn(-c2ccc(N3CCN(c4ccc(OCC5COC(Cn6c[n+](COC(=O)C(C)C)cn6)(c6ccc(Cl)cc6Cl)O5)cc4)CC3)cc2)c1=O. The molecule has 2 aromatic heterocycles. The second-order valence-electron chi connectivity index (χ2n) is 14.4. The molecule has 14 nitrogen and oxygen atoms in total. The van der Waals surface area contributed by atoms with Crippen molar-refractivity contribution in [1.29, 1.82) is 0 Å². The number of nitrogens with zero attached hydrogens (tertiary/aromatic N) is 8. The fraction of sp³-hybridized carbons (Fsp3) is 0.425. The highest BCUT2D eigenvalue weighted by molar-refractivity contribution is 6.35. The van der Waals surface area contributed by atoms with Gasteiger partial charge in [-0.25, -0.2) is 18.6 Å². The van der Waals surface area contributed by atoms with E-state index < -0.39 is 11.9 Å². The van der Waals surface area contributed by atoms with Crippen molar-refractivity contribution < 1.29 is 28.3 Å². The zero-order chi connectivity index (χ0) is 39.4. The normalized spacial score (nSPS) is 19.1. The number of anilines is 2. The summed E-state index contributed by atoms with van der Waals surface area (Å²) >= 11 is 12.9. The van der Waals surface area contributed by atoms with E-state index in [2.05, 4.69) is 44.3 Å². The van der Waals surface area contributed by atoms with Crippen molar-refractivity contribution in [3.8, 4) is 11.4 Å². The van der Waals surface area contributed by atoms with Crippen LogP contribution in [0, 0.1) is 5.92 Å². The number of carbonyl (C=O) groups is 1. The average molecular weight is 807 g/mol. The summed E-state index contributed by atoms with van der Waals surface area (Å²) in [5, 5.41) is 9.64. The minimum Gasteiger partial charge on any atom is -0.491 e. The molecule has 2 fully saturated rings. The third-order valence-electron chi connectivity index (χ3n) is 10.1. The van der Waals surface area contributed by atoms with Crippen LogP contribution in [0.15, 0.2) is 90.5 Å². The van der Waals surface area contributed by atoms with Crippen LogP contribution >= 0.6 is 23.2 Å². The van der Waals surface area contributed by atoms with Gasteiger partial charge < -0.3 is 28.7 Å². The molecule has 16 heteroatoms. The van der Waals surface area contributed by atoms with Gasteiger partial charge in [0.25, 0.3) is 6.33 Å². The van der Waals surface area contributed by atoms with Crippen LogP contribution in [0.2, 0.25) is 10.0 Å². The van der Waals surface area contributed by atoms with Gasteiger partial charge in [0.05, 0.1) is 29.3 Å². The number of benzene rings is 3. The lowest BCUT2D eigenvalue weighted by Gasteiger charge is -2.37. The Morgan fingerprint density at radius 1 is 0.946 bits per heavy atom. The van der Waals surface area contributed by atoms with Crippen LogP contribution in [0.25, 0.3) is 5.69 Å². The molecule has 2 aliphatic rings. The van der Waals surface area contributed by atoms with Crippen LogP contribution < -0.4 is 24.8 Å². The molecule has 2 aliphatic heterocycles. The van der Waals surface area contributed by atoms with Crippen molar-refractivity contribution >= 4 is 40.5 Å². The van der Waals surface area contributed by atoms with Gasteiger partial charge in [0.1, 0.15) is 24.8 Å². The lowest BCUT2D eigenvalue weighted by molar-refractivity contribution is -0.728. The van der Waals surface area contributed by atoms with Crippen molar-refractivity contribution in [2.24, 2.45) is 5.92 Å². The summed E-state index contributed by atoms with van der Waals surface area (Å²) < 4.78 is 30.9. The van der Waals surface area contributed by atoms with E-state index in [0.717, 1.165) is 55.4 Å². The number of ether oxygens (including phenoxy) is 4. The Balaban J connectivity index is 0.929. The minimum atomic E-state index is -1.26. The van der Waals surface area contributed by atoms with E-state index in [1.54, 1.807) is 64.8 Å². The van der Waals surface area contributed by atoms with Gasteiger partial charge >= 0.3 is 11.7 Å². The van der Waals surface area contributed by atoms with Crippen molar-refractivity contribution in [3.05, 3.63) is 112 Å². The molecule has 3 unspecified atom stereocenters. The second kappa shape index (κ2) is 17.1. The molecule has 0 saturated carbocycles. The first-order valence-electron chi connectivity index (χ1n) is 18.9. The van der Waals surface area contributed by atoms with Gasteiger partial charge in [0.2, 0.25) is 18.8 Å². The van der Waals surface area contributed by atoms with Gasteiger partial charge in [0.15, 0.2) is 6.54 Å². The van der Waals surface area contributed by atoms with Gasteiger partial charge in [-0.3, -0.25) is 4.79 Å². The topological polar surface area (TPSA) is 122 Å². The predicted molar refractivity (Wildman–Crippen MR) is 212 cm³/mol. The predicted octanol–water partition coefficient (Wildman–Crippen LogP) is 5.63. The maximum Gasteiger partial charge on any atom is 0.350 e. The number of halogens is 2. The molecule has 3 aromatic carbocycles. The summed E-state index contributed by atoms with van der Waals surface area (Å²) in [6.45, 7) is 11.8. The van der Waals surface area contributed by atoms with Crippen LogP contribution in [-0.2, 0) is 38.1 Å². The molecule has 0 N–H and O–H groups in total. The van der Waals surface area contributed by atoms with Gasteiger partial charge in [-0.15, -0.1) is 4.68 Å². The Morgan fingerprint density at radius 3 is 2.25 bits per heavy atom. The van der Waals surface area contributed by atoms with Crippen LogP contribution in [-0.4, -0.2) is 75.6 Å². The number of hydrogen-bond acceptors (Lipinski definition) is 10. The second-order valence-corrected chi connectivity index (χ2v) is 15.3. The lowest BCUT2D eigenvalue weighted by atomic mass is 10.1. The van der Waals surface area contributed by atoms with E-state index in [1.807, 2.05) is 38.1 Å². The Kier molecular flexibility index (Phi) is 12.0. The summed E-state index contributed by atoms with van der Waals surface area (Å²) in [4.78, 5) is 29.5. The molecule has 3 atom stereocenters. The Bertz CT molecular complexity index is 2160. The van der Waals surface area contributed by atoms with Gasteiger partial charge in [0, 0.05) is 53.2 Å². The molecule has 0 spiro atoms. The molecule has 7 rings (SSSR count). The van der Waals surface area contributed by atoms with E-state index >= 15 is 0 Å². The molecule has 0 amide bonds. The van der Waals surface area contributed by atoms with E-state index in [4.69, 9.17) is 42.1 Å². The Labute approximate surface area is 335 Å². The molecule has 296 valence electrons. The molecule has 0 bridgehead atoms. The average Bonchev–Trinajstić information content (AvgIpc) is 3.95. The Morgan fingerprint density at radius 2 is 1.61 bits per heavy atom. The standard InChI is InChI=1S/C40H47Cl2N8O6/c1-5-29(4)50-39(52)49(25-44-50)33-9-7-31(8-10-33)46-16-18-47(19-17-46)32-11-13-34(14-12-32)53-21-35-22-55-40(56-35,36-15-6-30(41)20-37(36)42)23-48-26-45(24-43-48)27-54-38(51)28(2)3/h6-15,20,24-26,28-29,35H,5,16-19,21-23,27H2,1-4H3/q+1. The highest BCUT2D eigenvalue weighted by atomic mass is 35.5. The van der Waals surface area contributed by atoms with E-state index in [1.165, 1.54) is 4.68 Å². The summed E-state index contributed by atoms with van der Waals surface area (Å²) in [6.07, 6.45) is 5.32. The quantitative estimate of drug-likeness (QED) is 0.103. The number of piperazine rings is 1. The first-order chi connectivity index (χ1) is 27.0. The fourth-order valence-corrected chi connectivity index (χ4v) is 7.30. The summed E-state index contributed by atoms with van der Waals surface area (Å²) in [5.41, 5.74) is 3.54. The largest absolute Gasteiger partial charge is 0.491 e. The minimum absolute atomic E-state index is 0.0337. The zero-order valence-electron chi connectivity index (χ0n) is 32.0. The molecule has 4 heterocycles. The zero-order valence-corrected chi connectivity index (χ0v) is 33.5. The van der Waals surface area contributed by atoms with Gasteiger partial charge in [-0.1, -0.05) is 50.0 Å². The fourth-order valence-electron chi connectivity index (χ4n) is 6.74.